The van der Waals surface area contributed by atoms with Crippen LogP contribution in [0.4, 0.5) is 0 Å². The number of rotatable bonds is 7. The van der Waals surface area contributed by atoms with Crippen molar-refractivity contribution >= 4 is 11.9 Å². The smallest absolute Gasteiger partial charge is 0.305 e. The third-order valence-corrected chi connectivity index (χ3v) is 3.06. The summed E-state index contributed by atoms with van der Waals surface area (Å²) in [6.45, 7) is 7.16. The van der Waals surface area contributed by atoms with E-state index in [0.29, 0.717) is 11.5 Å². The van der Waals surface area contributed by atoms with Gasteiger partial charge in [0.15, 0.2) is 0 Å². The monoisotopic (exact) mass is 281 g/mol. The van der Waals surface area contributed by atoms with E-state index in [-0.39, 0.29) is 18.9 Å². The lowest BCUT2D eigenvalue weighted by molar-refractivity contribution is -0.137. The van der Waals surface area contributed by atoms with Crippen LogP contribution in [0.25, 0.3) is 0 Å². The normalized spacial score (nSPS) is 10.8. The maximum Gasteiger partial charge on any atom is 0.305 e. The maximum absolute atomic E-state index is 12.3. The predicted octanol–water partition coefficient (Wildman–Crippen LogP) is 1.65. The van der Waals surface area contributed by atoms with Crippen LogP contribution in [0.3, 0.4) is 0 Å². The number of nitrogens with zero attached hydrogens (tertiary/aromatic N) is 3. The summed E-state index contributed by atoms with van der Waals surface area (Å²) in [6, 6.07) is 0. The molecule has 1 N–H and O–H groups in total. The van der Waals surface area contributed by atoms with Crippen molar-refractivity contribution in [1.29, 1.82) is 0 Å². The lowest BCUT2D eigenvalue weighted by Crippen LogP contribution is -2.29. The summed E-state index contributed by atoms with van der Waals surface area (Å²) in [7, 11) is 1.62. The van der Waals surface area contributed by atoms with Gasteiger partial charge in [-0.25, -0.2) is 0 Å². The first-order valence-corrected chi connectivity index (χ1v) is 6.88. The molecular formula is C14H23N3O3. The average molecular weight is 281 g/mol. The highest BCUT2D eigenvalue weighted by Crippen LogP contribution is 2.14. The highest BCUT2D eigenvalue weighted by molar-refractivity contribution is 5.95. The summed E-state index contributed by atoms with van der Waals surface area (Å²) in [4.78, 5) is 24.3. The topological polar surface area (TPSA) is 75.4 Å². The van der Waals surface area contributed by atoms with Crippen LogP contribution in [0, 0.1) is 5.92 Å². The van der Waals surface area contributed by atoms with Crippen molar-refractivity contribution in [3.8, 4) is 0 Å². The van der Waals surface area contributed by atoms with E-state index in [2.05, 4.69) is 18.9 Å². The molecule has 6 nitrogen and oxygen atoms in total. The summed E-state index contributed by atoms with van der Waals surface area (Å²) in [5.74, 6) is -0.623. The molecule has 0 aliphatic heterocycles. The first-order valence-electron chi connectivity index (χ1n) is 6.88. The molecule has 20 heavy (non-hydrogen) atoms. The Morgan fingerprint density at radius 2 is 2.10 bits per heavy atom. The number of amides is 1. The molecule has 0 saturated carbocycles. The SMILES string of the molecule is CCc1c(C(=O)N(C)CCC(=O)O)cnn1CC(C)C. The molecule has 112 valence electrons. The van der Waals surface area contributed by atoms with Gasteiger partial charge in [0.1, 0.15) is 0 Å². The Kier molecular flexibility index (Phi) is 5.73. The molecule has 0 atom stereocenters. The van der Waals surface area contributed by atoms with Crippen molar-refractivity contribution in [3.05, 3.63) is 17.5 Å². The summed E-state index contributed by atoms with van der Waals surface area (Å²) >= 11 is 0. The van der Waals surface area contributed by atoms with Crippen molar-refractivity contribution in [2.75, 3.05) is 13.6 Å². The maximum atomic E-state index is 12.3. The molecule has 0 aliphatic carbocycles. The van der Waals surface area contributed by atoms with Gasteiger partial charge in [-0.2, -0.15) is 5.10 Å². The van der Waals surface area contributed by atoms with Crippen LogP contribution < -0.4 is 0 Å². The molecule has 6 heteroatoms. The standard InChI is InChI=1S/C14H23N3O3/c1-5-12-11(8-15-17(12)9-10(2)3)14(20)16(4)7-6-13(18)19/h8,10H,5-7,9H2,1-4H3,(H,18,19). The van der Waals surface area contributed by atoms with Crippen LogP contribution in [0.1, 0.15) is 43.2 Å². The minimum Gasteiger partial charge on any atom is -0.481 e. The van der Waals surface area contributed by atoms with E-state index >= 15 is 0 Å². The van der Waals surface area contributed by atoms with Crippen LogP contribution in [-0.2, 0) is 17.8 Å². The second-order valence-corrected chi connectivity index (χ2v) is 5.30. The van der Waals surface area contributed by atoms with E-state index in [1.165, 1.54) is 4.90 Å². The van der Waals surface area contributed by atoms with Gasteiger partial charge in [-0.15, -0.1) is 0 Å². The van der Waals surface area contributed by atoms with Gasteiger partial charge >= 0.3 is 5.97 Å². The fraction of sp³-hybridized carbons (Fsp3) is 0.643. The molecule has 1 rings (SSSR count). The molecule has 1 heterocycles. The quantitative estimate of drug-likeness (QED) is 0.824. The zero-order chi connectivity index (χ0) is 15.3. The van der Waals surface area contributed by atoms with Crippen LogP contribution >= 0.6 is 0 Å². The number of carbonyl (C=O) groups excluding carboxylic acids is 1. The van der Waals surface area contributed by atoms with E-state index < -0.39 is 5.97 Å². The van der Waals surface area contributed by atoms with Crippen LogP contribution in [0.5, 0.6) is 0 Å². The van der Waals surface area contributed by atoms with Crippen molar-refractivity contribution in [2.24, 2.45) is 5.92 Å². The highest BCUT2D eigenvalue weighted by atomic mass is 16.4. The number of carbonyl (C=O) groups is 2. The third-order valence-electron chi connectivity index (χ3n) is 3.06. The number of carboxylic acid groups (broad SMARTS) is 1. The molecule has 0 spiro atoms. The average Bonchev–Trinajstić information content (AvgIpc) is 2.76. The van der Waals surface area contributed by atoms with Gasteiger partial charge in [-0.1, -0.05) is 20.8 Å². The molecule has 0 bridgehead atoms. The Labute approximate surface area is 119 Å². The number of aromatic nitrogens is 2. The summed E-state index contributed by atoms with van der Waals surface area (Å²) in [6.07, 6.45) is 2.26. The van der Waals surface area contributed by atoms with E-state index in [0.717, 1.165) is 18.7 Å². The Hall–Kier alpha value is -1.85. The minimum absolute atomic E-state index is 0.0518. The molecule has 0 aromatic carbocycles. The fourth-order valence-electron chi connectivity index (χ4n) is 2.04. The van der Waals surface area contributed by atoms with Gasteiger partial charge in [0.25, 0.3) is 5.91 Å². The van der Waals surface area contributed by atoms with Crippen LogP contribution in [0.15, 0.2) is 6.20 Å². The van der Waals surface area contributed by atoms with Gasteiger partial charge in [-0.3, -0.25) is 14.3 Å². The fourth-order valence-corrected chi connectivity index (χ4v) is 2.04. The Balaban J connectivity index is 2.87. The lowest BCUT2D eigenvalue weighted by atomic mass is 10.1. The van der Waals surface area contributed by atoms with E-state index in [1.807, 2.05) is 11.6 Å². The van der Waals surface area contributed by atoms with Crippen molar-refractivity contribution < 1.29 is 14.7 Å². The van der Waals surface area contributed by atoms with Crippen molar-refractivity contribution in [3.63, 3.8) is 0 Å². The third kappa shape index (κ3) is 4.08. The zero-order valence-corrected chi connectivity index (χ0v) is 12.6. The first-order chi connectivity index (χ1) is 9.36. The first kappa shape index (κ1) is 16.2. The minimum atomic E-state index is -0.907. The number of hydrogen-bond acceptors (Lipinski definition) is 3. The molecule has 0 aliphatic rings. The summed E-state index contributed by atoms with van der Waals surface area (Å²) in [5, 5.41) is 12.9. The molecule has 1 amide bonds. The van der Waals surface area contributed by atoms with Crippen molar-refractivity contribution in [2.45, 2.75) is 40.2 Å². The molecule has 0 radical (unpaired) electrons. The Morgan fingerprint density at radius 1 is 1.45 bits per heavy atom. The second-order valence-electron chi connectivity index (χ2n) is 5.30. The summed E-state index contributed by atoms with van der Waals surface area (Å²) < 4.78 is 1.86. The van der Waals surface area contributed by atoms with Gasteiger partial charge in [-0.05, 0) is 12.3 Å². The lowest BCUT2D eigenvalue weighted by Gasteiger charge is -2.16. The van der Waals surface area contributed by atoms with Crippen molar-refractivity contribution in [1.82, 2.24) is 14.7 Å². The molecular weight excluding hydrogens is 258 g/mol. The van der Waals surface area contributed by atoms with Gasteiger partial charge in [0.05, 0.1) is 23.9 Å². The van der Waals surface area contributed by atoms with Crippen LogP contribution in [0.2, 0.25) is 0 Å². The van der Waals surface area contributed by atoms with Gasteiger partial charge in [0, 0.05) is 20.1 Å². The largest absolute Gasteiger partial charge is 0.481 e. The molecule has 1 aromatic rings. The van der Waals surface area contributed by atoms with Gasteiger partial charge in [0.2, 0.25) is 0 Å². The van der Waals surface area contributed by atoms with Gasteiger partial charge < -0.3 is 10.0 Å². The molecule has 0 saturated heterocycles. The summed E-state index contributed by atoms with van der Waals surface area (Å²) in [5.41, 5.74) is 1.48. The van der Waals surface area contributed by atoms with Crippen LogP contribution in [-0.4, -0.2) is 45.3 Å². The second kappa shape index (κ2) is 7.07. The molecule has 0 fully saturated rings. The van der Waals surface area contributed by atoms with E-state index in [9.17, 15) is 9.59 Å². The van der Waals surface area contributed by atoms with E-state index in [4.69, 9.17) is 5.11 Å². The van der Waals surface area contributed by atoms with E-state index in [1.54, 1.807) is 13.2 Å². The Bertz CT molecular complexity index is 480. The number of hydrogen-bond donors (Lipinski definition) is 1. The highest BCUT2D eigenvalue weighted by Gasteiger charge is 2.20. The number of carboxylic acids is 1. The molecule has 1 aromatic heterocycles. The Morgan fingerprint density at radius 3 is 2.60 bits per heavy atom. The molecule has 0 unspecified atom stereocenters. The number of aliphatic carboxylic acids is 1. The predicted molar refractivity (Wildman–Crippen MR) is 75.7 cm³/mol. The zero-order valence-electron chi connectivity index (χ0n) is 12.6.